The minimum Gasteiger partial charge on any atom is -0.444 e. The van der Waals surface area contributed by atoms with Crippen LogP contribution in [0, 0.1) is 11.3 Å². The summed E-state index contributed by atoms with van der Waals surface area (Å²) < 4.78 is 5.29. The van der Waals surface area contributed by atoms with E-state index in [4.69, 9.17) is 21.6 Å². The Labute approximate surface area is 141 Å². The molecule has 0 aromatic carbocycles. The van der Waals surface area contributed by atoms with Crippen LogP contribution in [0.1, 0.15) is 39.2 Å². The van der Waals surface area contributed by atoms with Crippen LogP contribution in [-0.4, -0.2) is 35.8 Å². The third-order valence-electron chi connectivity index (χ3n) is 3.39. The summed E-state index contributed by atoms with van der Waals surface area (Å²) in [4.78, 5) is 18.2. The van der Waals surface area contributed by atoms with E-state index in [0.717, 1.165) is 19.4 Å². The number of carbonyl (C=O) groups is 1. The number of hydrogen-bond donors (Lipinski definition) is 1. The summed E-state index contributed by atoms with van der Waals surface area (Å²) >= 11 is 6.21. The van der Waals surface area contributed by atoms with Gasteiger partial charge in [-0.2, -0.15) is 5.26 Å². The van der Waals surface area contributed by atoms with Gasteiger partial charge in [-0.3, -0.25) is 0 Å². The number of nitriles is 1. The lowest BCUT2D eigenvalue weighted by Crippen LogP contribution is -2.49. The van der Waals surface area contributed by atoms with Gasteiger partial charge in [0.15, 0.2) is 0 Å². The summed E-state index contributed by atoms with van der Waals surface area (Å²) in [5.41, 5.74) is -0.0876. The molecular formula is C16H21ClN4O2. The van der Waals surface area contributed by atoms with Gasteiger partial charge in [0, 0.05) is 25.3 Å². The Balaban J connectivity index is 2.01. The van der Waals surface area contributed by atoms with E-state index in [1.807, 2.05) is 31.7 Å². The standard InChI is InChI=1S/C16H21ClN4O2/c1-16(2,3)23-15(22)20-12-5-4-6-21(10-12)14-13(17)7-11(8-18)9-19-14/h7,9,12H,4-6,10H2,1-3H3,(H,20,22). The number of hydrogen-bond acceptors (Lipinski definition) is 5. The van der Waals surface area contributed by atoms with Crippen LogP contribution < -0.4 is 10.2 Å². The van der Waals surface area contributed by atoms with Gasteiger partial charge < -0.3 is 15.0 Å². The molecule has 1 fully saturated rings. The van der Waals surface area contributed by atoms with E-state index in [-0.39, 0.29) is 6.04 Å². The number of alkyl carbamates (subject to hydrolysis) is 1. The van der Waals surface area contributed by atoms with Crippen LogP contribution in [0.2, 0.25) is 5.02 Å². The molecular weight excluding hydrogens is 316 g/mol. The van der Waals surface area contributed by atoms with Crippen molar-refractivity contribution < 1.29 is 9.53 Å². The van der Waals surface area contributed by atoms with Crippen LogP contribution in [0.4, 0.5) is 10.6 Å². The minimum atomic E-state index is -0.517. The Kier molecular flexibility index (Phi) is 5.32. The second-order valence-electron chi connectivity index (χ2n) is 6.57. The number of nitrogens with one attached hydrogen (secondary N) is 1. The number of nitrogens with zero attached hydrogens (tertiary/aromatic N) is 3. The first-order chi connectivity index (χ1) is 10.8. The number of ether oxygens (including phenoxy) is 1. The fourth-order valence-corrected chi connectivity index (χ4v) is 2.77. The normalized spacial score (nSPS) is 18.2. The molecule has 124 valence electrons. The second kappa shape index (κ2) is 7.05. The van der Waals surface area contributed by atoms with Crippen LogP contribution in [-0.2, 0) is 4.74 Å². The maximum atomic E-state index is 11.9. The molecule has 23 heavy (non-hydrogen) atoms. The smallest absolute Gasteiger partial charge is 0.407 e. The molecule has 1 amide bonds. The molecule has 0 aliphatic carbocycles. The number of carbonyl (C=O) groups excluding carboxylic acids is 1. The molecule has 1 aromatic heterocycles. The Morgan fingerprint density at radius 2 is 2.30 bits per heavy atom. The van der Waals surface area contributed by atoms with Gasteiger partial charge in [0.2, 0.25) is 0 Å². The van der Waals surface area contributed by atoms with Gasteiger partial charge in [0.1, 0.15) is 17.5 Å². The fourth-order valence-electron chi connectivity index (χ4n) is 2.49. The van der Waals surface area contributed by atoms with Gasteiger partial charge in [-0.1, -0.05) is 11.6 Å². The molecule has 1 atom stereocenters. The highest BCUT2D eigenvalue weighted by Crippen LogP contribution is 2.26. The predicted octanol–water partition coefficient (Wildman–Crippen LogP) is 3.10. The van der Waals surface area contributed by atoms with Crippen molar-refractivity contribution >= 4 is 23.5 Å². The summed E-state index contributed by atoms with van der Waals surface area (Å²) in [7, 11) is 0. The first kappa shape index (κ1) is 17.4. The fraction of sp³-hybridized carbons (Fsp3) is 0.562. The molecule has 2 rings (SSSR count). The summed E-state index contributed by atoms with van der Waals surface area (Å²) in [5.74, 6) is 0.640. The predicted molar refractivity (Wildman–Crippen MR) is 88.6 cm³/mol. The van der Waals surface area contributed by atoms with E-state index in [2.05, 4.69) is 10.3 Å². The van der Waals surface area contributed by atoms with E-state index in [9.17, 15) is 4.79 Å². The Morgan fingerprint density at radius 1 is 1.57 bits per heavy atom. The molecule has 0 spiro atoms. The van der Waals surface area contributed by atoms with Crippen molar-refractivity contribution in [2.24, 2.45) is 0 Å². The lowest BCUT2D eigenvalue weighted by Gasteiger charge is -2.34. The maximum Gasteiger partial charge on any atom is 0.407 e. The van der Waals surface area contributed by atoms with E-state index in [0.29, 0.717) is 22.9 Å². The van der Waals surface area contributed by atoms with E-state index in [1.165, 1.54) is 6.20 Å². The Hall–Kier alpha value is -2.00. The highest BCUT2D eigenvalue weighted by atomic mass is 35.5. The van der Waals surface area contributed by atoms with E-state index in [1.54, 1.807) is 6.07 Å². The molecule has 0 saturated carbocycles. The van der Waals surface area contributed by atoms with Crippen molar-refractivity contribution in [3.05, 3.63) is 22.8 Å². The number of aromatic nitrogens is 1. The zero-order valence-corrected chi connectivity index (χ0v) is 14.4. The third kappa shape index (κ3) is 5.00. The molecule has 0 radical (unpaired) electrons. The zero-order chi connectivity index (χ0) is 17.0. The summed E-state index contributed by atoms with van der Waals surface area (Å²) in [6.07, 6.45) is 2.89. The molecule has 1 aliphatic heterocycles. The highest BCUT2D eigenvalue weighted by Gasteiger charge is 2.25. The van der Waals surface area contributed by atoms with Crippen molar-refractivity contribution in [2.75, 3.05) is 18.0 Å². The van der Waals surface area contributed by atoms with Crippen LogP contribution in [0.15, 0.2) is 12.3 Å². The number of rotatable bonds is 2. The average molecular weight is 337 g/mol. The average Bonchev–Trinajstić information content (AvgIpc) is 2.45. The van der Waals surface area contributed by atoms with Crippen molar-refractivity contribution in [3.8, 4) is 6.07 Å². The van der Waals surface area contributed by atoms with Gasteiger partial charge >= 0.3 is 6.09 Å². The molecule has 7 heteroatoms. The highest BCUT2D eigenvalue weighted by molar-refractivity contribution is 6.33. The molecule has 1 aromatic rings. The summed E-state index contributed by atoms with van der Waals surface area (Å²) in [6.45, 7) is 6.92. The number of halogens is 1. The largest absolute Gasteiger partial charge is 0.444 e. The van der Waals surface area contributed by atoms with Crippen molar-refractivity contribution in [3.63, 3.8) is 0 Å². The molecule has 2 heterocycles. The first-order valence-electron chi connectivity index (χ1n) is 7.58. The zero-order valence-electron chi connectivity index (χ0n) is 13.6. The van der Waals surface area contributed by atoms with Crippen molar-refractivity contribution in [1.82, 2.24) is 10.3 Å². The topological polar surface area (TPSA) is 78.2 Å². The van der Waals surface area contributed by atoms with Crippen molar-refractivity contribution in [1.29, 1.82) is 5.26 Å². The third-order valence-corrected chi connectivity index (χ3v) is 3.67. The van der Waals surface area contributed by atoms with Gasteiger partial charge in [0.05, 0.1) is 10.6 Å². The van der Waals surface area contributed by atoms with Crippen LogP contribution in [0.25, 0.3) is 0 Å². The number of amides is 1. The molecule has 0 bridgehead atoms. The molecule has 1 N–H and O–H groups in total. The number of piperidine rings is 1. The van der Waals surface area contributed by atoms with Gasteiger partial charge in [-0.05, 0) is 39.7 Å². The van der Waals surface area contributed by atoms with Crippen LogP contribution in [0.5, 0.6) is 0 Å². The molecule has 1 aliphatic rings. The maximum absolute atomic E-state index is 11.9. The summed E-state index contributed by atoms with van der Waals surface area (Å²) in [6, 6.07) is 3.60. The van der Waals surface area contributed by atoms with E-state index < -0.39 is 11.7 Å². The van der Waals surface area contributed by atoms with Gasteiger partial charge in [0.25, 0.3) is 0 Å². The number of pyridine rings is 1. The van der Waals surface area contributed by atoms with Crippen molar-refractivity contribution in [2.45, 2.75) is 45.3 Å². The van der Waals surface area contributed by atoms with Gasteiger partial charge in [-0.15, -0.1) is 0 Å². The molecule has 6 nitrogen and oxygen atoms in total. The lowest BCUT2D eigenvalue weighted by molar-refractivity contribution is 0.0500. The quantitative estimate of drug-likeness (QED) is 0.897. The first-order valence-corrected chi connectivity index (χ1v) is 7.96. The van der Waals surface area contributed by atoms with E-state index >= 15 is 0 Å². The SMILES string of the molecule is CC(C)(C)OC(=O)NC1CCCN(c2ncc(C#N)cc2Cl)C1. The van der Waals surface area contributed by atoms with Gasteiger partial charge in [-0.25, -0.2) is 9.78 Å². The molecule has 1 saturated heterocycles. The monoisotopic (exact) mass is 336 g/mol. The number of anilines is 1. The van der Waals surface area contributed by atoms with Crippen LogP contribution in [0.3, 0.4) is 0 Å². The lowest BCUT2D eigenvalue weighted by atomic mass is 10.1. The van der Waals surface area contributed by atoms with Crippen LogP contribution >= 0.6 is 11.6 Å². The minimum absolute atomic E-state index is 0.0212. The Morgan fingerprint density at radius 3 is 2.91 bits per heavy atom. The Bertz CT molecular complexity index is 621. The second-order valence-corrected chi connectivity index (χ2v) is 6.98. The molecule has 1 unspecified atom stereocenters. The summed E-state index contributed by atoms with van der Waals surface area (Å²) in [5, 5.41) is 12.2.